The van der Waals surface area contributed by atoms with Crippen molar-refractivity contribution in [1.82, 2.24) is 19.8 Å². The zero-order chi connectivity index (χ0) is 27.9. The lowest BCUT2D eigenvalue weighted by Gasteiger charge is -2.42. The molecule has 0 radical (unpaired) electrons. The normalized spacial score (nSPS) is 26.6. The SMILES string of the molecule is Cc1nc2ccccc2n1[C@H]1C[C@H]2CC[C@@H](C1)N2CCC(C)(CNC(=O)C1CCC(F)(F)CC1)c1ccccc1. The van der Waals surface area contributed by atoms with Crippen LogP contribution in [0.4, 0.5) is 8.78 Å². The third-order valence-electron chi connectivity index (χ3n) is 10.1. The fraction of sp³-hybridized carbons (Fsp3) is 0.576. The summed E-state index contributed by atoms with van der Waals surface area (Å²) in [6, 6.07) is 20.5. The molecule has 5 nitrogen and oxygen atoms in total. The summed E-state index contributed by atoms with van der Waals surface area (Å²) in [6.45, 7) is 5.89. The van der Waals surface area contributed by atoms with Crippen LogP contribution in [0.15, 0.2) is 54.6 Å². The van der Waals surface area contributed by atoms with Gasteiger partial charge in [0.05, 0.1) is 11.0 Å². The second kappa shape index (κ2) is 10.9. The van der Waals surface area contributed by atoms with E-state index in [1.54, 1.807) is 0 Å². The van der Waals surface area contributed by atoms with Gasteiger partial charge in [0.1, 0.15) is 5.82 Å². The van der Waals surface area contributed by atoms with E-state index in [1.165, 1.54) is 23.9 Å². The first-order chi connectivity index (χ1) is 19.2. The topological polar surface area (TPSA) is 50.2 Å². The number of nitrogens with zero attached hydrogens (tertiary/aromatic N) is 3. The minimum absolute atomic E-state index is 0.0681. The summed E-state index contributed by atoms with van der Waals surface area (Å²) in [5, 5.41) is 3.18. The number of piperidine rings is 1. The van der Waals surface area contributed by atoms with Crippen LogP contribution in [0.3, 0.4) is 0 Å². The van der Waals surface area contributed by atoms with E-state index in [1.807, 2.05) is 6.07 Å². The molecule has 3 fully saturated rings. The summed E-state index contributed by atoms with van der Waals surface area (Å²) in [6.07, 6.45) is 5.85. The van der Waals surface area contributed by atoms with E-state index < -0.39 is 5.92 Å². The van der Waals surface area contributed by atoms with Gasteiger partial charge in [-0.3, -0.25) is 9.69 Å². The number of aromatic nitrogens is 2. The number of para-hydroxylation sites is 2. The third kappa shape index (κ3) is 5.41. The number of alkyl halides is 2. The van der Waals surface area contributed by atoms with Crippen LogP contribution in [0, 0.1) is 12.8 Å². The zero-order valence-electron chi connectivity index (χ0n) is 23.8. The monoisotopic (exact) mass is 548 g/mol. The smallest absolute Gasteiger partial charge is 0.248 e. The number of imidazole rings is 1. The number of benzene rings is 2. The van der Waals surface area contributed by atoms with E-state index >= 15 is 0 Å². The summed E-state index contributed by atoms with van der Waals surface area (Å²) < 4.78 is 29.7. The average Bonchev–Trinajstić information content (AvgIpc) is 3.41. The lowest BCUT2D eigenvalue weighted by atomic mass is 9.78. The van der Waals surface area contributed by atoms with Crippen LogP contribution in [0.2, 0.25) is 0 Å². The number of hydrogen-bond acceptors (Lipinski definition) is 3. The molecule has 1 N–H and O–H groups in total. The maximum atomic E-state index is 13.6. The van der Waals surface area contributed by atoms with Crippen LogP contribution < -0.4 is 5.32 Å². The van der Waals surface area contributed by atoms with Gasteiger partial charge < -0.3 is 9.88 Å². The number of nitrogens with one attached hydrogen (secondary N) is 1. The maximum Gasteiger partial charge on any atom is 0.248 e. The van der Waals surface area contributed by atoms with E-state index in [-0.39, 0.29) is 42.9 Å². The molecule has 40 heavy (non-hydrogen) atoms. The van der Waals surface area contributed by atoms with Crippen molar-refractivity contribution in [1.29, 1.82) is 0 Å². The average molecular weight is 549 g/mol. The highest BCUT2D eigenvalue weighted by Crippen LogP contribution is 2.43. The van der Waals surface area contributed by atoms with E-state index in [9.17, 15) is 13.6 Å². The second-order valence-corrected chi connectivity index (χ2v) is 12.8. The Balaban J connectivity index is 1.13. The van der Waals surface area contributed by atoms with Crippen molar-refractivity contribution in [2.75, 3.05) is 13.1 Å². The second-order valence-electron chi connectivity index (χ2n) is 12.8. The first kappa shape index (κ1) is 27.4. The van der Waals surface area contributed by atoms with Crippen LogP contribution in [0.25, 0.3) is 11.0 Å². The highest BCUT2D eigenvalue weighted by molar-refractivity contribution is 5.79. The molecule has 214 valence electrons. The summed E-state index contributed by atoms with van der Waals surface area (Å²) in [7, 11) is 0. The van der Waals surface area contributed by atoms with Gasteiger partial charge in [0.15, 0.2) is 0 Å². The van der Waals surface area contributed by atoms with Gasteiger partial charge in [-0.25, -0.2) is 13.8 Å². The van der Waals surface area contributed by atoms with Crippen molar-refractivity contribution in [2.45, 2.75) is 101 Å². The van der Waals surface area contributed by atoms with Crippen molar-refractivity contribution < 1.29 is 13.6 Å². The molecule has 1 unspecified atom stereocenters. The number of aryl methyl sites for hydroxylation is 1. The number of halogens is 2. The molecule has 2 aromatic carbocycles. The fourth-order valence-corrected chi connectivity index (χ4v) is 7.73. The molecular weight excluding hydrogens is 506 g/mol. The molecule has 7 heteroatoms. The lowest BCUT2D eigenvalue weighted by Crippen LogP contribution is -2.47. The largest absolute Gasteiger partial charge is 0.355 e. The molecule has 6 rings (SSSR count). The van der Waals surface area contributed by atoms with Gasteiger partial charge >= 0.3 is 0 Å². The first-order valence-electron chi connectivity index (χ1n) is 15.1. The highest BCUT2D eigenvalue weighted by Gasteiger charge is 2.43. The number of carbonyl (C=O) groups excluding carboxylic acids is 1. The maximum absolute atomic E-state index is 13.6. The standard InChI is InChI=1S/C33H42F2N4O/c1-23-37-29-10-6-7-11-30(29)39(23)28-20-26-12-13-27(21-28)38(26)19-18-32(2,25-8-4-3-5-9-25)22-36-31(40)24-14-16-33(34,35)17-15-24/h3-11,24,26-28H,12-22H2,1-2H3,(H,36,40)/t26-,27+,28+,32?. The molecule has 1 amide bonds. The molecule has 1 saturated carbocycles. The van der Waals surface area contributed by atoms with E-state index in [2.05, 4.69) is 77.2 Å². The molecular formula is C33H42F2N4O. The molecule has 3 aliphatic rings. The van der Waals surface area contributed by atoms with Gasteiger partial charge in [-0.2, -0.15) is 0 Å². The highest BCUT2D eigenvalue weighted by atomic mass is 19.3. The van der Waals surface area contributed by atoms with E-state index in [0.717, 1.165) is 37.1 Å². The summed E-state index contributed by atoms with van der Waals surface area (Å²) in [5.74, 6) is -1.89. The summed E-state index contributed by atoms with van der Waals surface area (Å²) in [4.78, 5) is 20.6. The van der Waals surface area contributed by atoms with Gasteiger partial charge in [-0.15, -0.1) is 0 Å². The van der Waals surface area contributed by atoms with Crippen LogP contribution in [-0.4, -0.2) is 51.5 Å². The molecule has 2 saturated heterocycles. The molecule has 1 aliphatic carbocycles. The van der Waals surface area contributed by atoms with Gasteiger partial charge in [0.2, 0.25) is 11.8 Å². The Kier molecular flexibility index (Phi) is 7.45. The van der Waals surface area contributed by atoms with E-state index in [4.69, 9.17) is 4.98 Å². The Bertz CT molecular complexity index is 1320. The van der Waals surface area contributed by atoms with Crippen LogP contribution in [0.1, 0.15) is 82.1 Å². The molecule has 4 atom stereocenters. The molecule has 3 aromatic rings. The van der Waals surface area contributed by atoms with Crippen LogP contribution >= 0.6 is 0 Å². The van der Waals surface area contributed by atoms with Crippen LogP contribution in [-0.2, 0) is 10.2 Å². The van der Waals surface area contributed by atoms with E-state index in [0.29, 0.717) is 24.7 Å². The number of carbonyl (C=O) groups is 1. The molecule has 3 heterocycles. The van der Waals surface area contributed by atoms with Crippen LogP contribution in [0.5, 0.6) is 0 Å². The minimum Gasteiger partial charge on any atom is -0.355 e. The fourth-order valence-electron chi connectivity index (χ4n) is 7.73. The van der Waals surface area contributed by atoms with Crippen molar-refractivity contribution >= 4 is 16.9 Å². The van der Waals surface area contributed by atoms with Gasteiger partial charge in [-0.1, -0.05) is 49.4 Å². The Labute approximate surface area is 236 Å². The van der Waals surface area contributed by atoms with Crippen molar-refractivity contribution in [3.63, 3.8) is 0 Å². The number of fused-ring (bicyclic) bond motifs is 3. The molecule has 2 bridgehead atoms. The van der Waals surface area contributed by atoms with Gasteiger partial charge in [-0.05, 0) is 76.1 Å². The number of rotatable bonds is 8. The van der Waals surface area contributed by atoms with Crippen molar-refractivity contribution in [3.05, 3.63) is 66.0 Å². The third-order valence-corrected chi connectivity index (χ3v) is 10.1. The Morgan fingerprint density at radius 3 is 2.33 bits per heavy atom. The van der Waals surface area contributed by atoms with Gasteiger partial charge in [0.25, 0.3) is 0 Å². The van der Waals surface area contributed by atoms with Gasteiger partial charge in [0, 0.05) is 48.8 Å². The zero-order valence-corrected chi connectivity index (χ0v) is 23.8. The molecule has 2 aliphatic heterocycles. The lowest BCUT2D eigenvalue weighted by molar-refractivity contribution is -0.129. The summed E-state index contributed by atoms with van der Waals surface area (Å²) in [5.41, 5.74) is 3.31. The Morgan fingerprint density at radius 2 is 1.62 bits per heavy atom. The minimum atomic E-state index is -2.62. The Morgan fingerprint density at radius 1 is 0.975 bits per heavy atom. The number of hydrogen-bond donors (Lipinski definition) is 1. The number of amides is 1. The predicted octanol–water partition coefficient (Wildman–Crippen LogP) is 6.80. The molecule has 0 spiro atoms. The Hall–Kier alpha value is -2.80. The predicted molar refractivity (Wildman–Crippen MR) is 155 cm³/mol. The molecule has 1 aromatic heterocycles. The van der Waals surface area contributed by atoms with Crippen molar-refractivity contribution in [2.24, 2.45) is 5.92 Å². The summed E-state index contributed by atoms with van der Waals surface area (Å²) >= 11 is 0. The quantitative estimate of drug-likeness (QED) is 0.337. The first-order valence-corrected chi connectivity index (χ1v) is 15.1. The van der Waals surface area contributed by atoms with Crippen molar-refractivity contribution in [3.8, 4) is 0 Å².